The van der Waals surface area contributed by atoms with Crippen molar-refractivity contribution in [3.8, 4) is 5.75 Å². The van der Waals surface area contributed by atoms with Gasteiger partial charge in [-0.25, -0.2) is 4.79 Å². The van der Waals surface area contributed by atoms with E-state index in [1.165, 1.54) is 43.2 Å². The third-order valence-electron chi connectivity index (χ3n) is 7.94. The van der Waals surface area contributed by atoms with Crippen LogP contribution in [-0.2, 0) is 6.54 Å². The molecule has 3 aliphatic rings. The van der Waals surface area contributed by atoms with E-state index in [-0.39, 0.29) is 11.6 Å². The van der Waals surface area contributed by atoms with E-state index in [0.717, 1.165) is 31.7 Å². The highest BCUT2D eigenvalue weighted by Gasteiger charge is 2.51. The van der Waals surface area contributed by atoms with E-state index in [1.807, 2.05) is 12.1 Å². The first-order valence-electron chi connectivity index (χ1n) is 11.9. The molecule has 0 aromatic heterocycles. The fourth-order valence-electron chi connectivity index (χ4n) is 5.80. The molecule has 3 fully saturated rings. The molecule has 0 unspecified atom stereocenters. The maximum absolute atomic E-state index is 13.6. The van der Waals surface area contributed by atoms with Crippen LogP contribution in [0.2, 0.25) is 0 Å². The summed E-state index contributed by atoms with van der Waals surface area (Å²) >= 11 is 0. The van der Waals surface area contributed by atoms with Crippen LogP contribution in [0.1, 0.15) is 62.0 Å². The van der Waals surface area contributed by atoms with Gasteiger partial charge >= 0.3 is 6.03 Å². The zero-order chi connectivity index (χ0) is 21.3. The Morgan fingerprint density at radius 1 is 0.968 bits per heavy atom. The Morgan fingerprint density at radius 2 is 1.68 bits per heavy atom. The molecule has 164 valence electrons. The second kappa shape index (κ2) is 8.57. The molecule has 2 aromatic carbocycles. The average molecular weight is 419 g/mol. The minimum atomic E-state index is 0.0183. The van der Waals surface area contributed by atoms with E-state index in [4.69, 9.17) is 4.74 Å². The molecule has 0 atom stereocenters. The molecule has 4 nitrogen and oxygen atoms in total. The highest BCUT2D eigenvalue weighted by Crippen LogP contribution is 2.46. The van der Waals surface area contributed by atoms with Gasteiger partial charge in [0.05, 0.1) is 12.6 Å². The van der Waals surface area contributed by atoms with Gasteiger partial charge in [-0.1, -0.05) is 48.9 Å². The van der Waals surface area contributed by atoms with Crippen molar-refractivity contribution in [1.82, 2.24) is 9.80 Å². The van der Waals surface area contributed by atoms with Gasteiger partial charge in [0, 0.05) is 19.6 Å². The number of rotatable bonds is 6. The molecule has 5 rings (SSSR count). The summed E-state index contributed by atoms with van der Waals surface area (Å²) in [4.78, 5) is 18.0. The lowest BCUT2D eigenvalue weighted by atomic mass is 9.73. The second-order valence-electron chi connectivity index (χ2n) is 9.80. The van der Waals surface area contributed by atoms with E-state index in [1.54, 1.807) is 7.11 Å². The third-order valence-corrected chi connectivity index (χ3v) is 7.94. The van der Waals surface area contributed by atoms with Crippen LogP contribution in [0.4, 0.5) is 4.79 Å². The normalized spacial score (nSPS) is 26.4. The average Bonchev–Trinajstić information content (AvgIpc) is 3.02. The zero-order valence-corrected chi connectivity index (χ0v) is 18.6. The van der Waals surface area contributed by atoms with Crippen molar-refractivity contribution >= 4 is 6.03 Å². The van der Waals surface area contributed by atoms with Gasteiger partial charge in [-0.15, -0.1) is 0 Å². The molecular formula is C27H34N2O2. The molecule has 0 bridgehead atoms. The summed E-state index contributed by atoms with van der Waals surface area (Å²) in [7, 11) is 1.69. The predicted molar refractivity (Wildman–Crippen MR) is 123 cm³/mol. The monoisotopic (exact) mass is 418 g/mol. The van der Waals surface area contributed by atoms with Gasteiger partial charge in [0.2, 0.25) is 0 Å². The topological polar surface area (TPSA) is 32.8 Å². The van der Waals surface area contributed by atoms with Crippen molar-refractivity contribution in [2.45, 2.75) is 62.9 Å². The Morgan fingerprint density at radius 3 is 2.29 bits per heavy atom. The van der Waals surface area contributed by atoms with Crippen LogP contribution in [0.15, 0.2) is 54.6 Å². The Labute approximate surface area is 186 Å². The van der Waals surface area contributed by atoms with Gasteiger partial charge < -0.3 is 14.5 Å². The van der Waals surface area contributed by atoms with Crippen molar-refractivity contribution < 1.29 is 9.53 Å². The quantitative estimate of drug-likeness (QED) is 0.591. The molecule has 2 saturated carbocycles. The predicted octanol–water partition coefficient (Wildman–Crippen LogP) is 5.83. The molecule has 31 heavy (non-hydrogen) atoms. The lowest BCUT2D eigenvalue weighted by molar-refractivity contribution is 0.0838. The fraction of sp³-hybridized carbons (Fsp3) is 0.519. The maximum atomic E-state index is 13.6. The Kier molecular flexibility index (Phi) is 5.64. The molecule has 2 aliphatic carbocycles. The van der Waals surface area contributed by atoms with E-state index in [9.17, 15) is 4.79 Å². The zero-order valence-electron chi connectivity index (χ0n) is 18.6. The molecule has 0 N–H and O–H groups in total. The number of carbonyl (C=O) groups is 1. The molecule has 4 heteroatoms. The molecule has 2 amide bonds. The number of hydrogen-bond donors (Lipinski definition) is 0. The van der Waals surface area contributed by atoms with Crippen LogP contribution in [0, 0.1) is 5.92 Å². The number of hydrogen-bond acceptors (Lipinski definition) is 2. The number of benzene rings is 2. The Bertz CT molecular complexity index is 883. The van der Waals surface area contributed by atoms with E-state index in [0.29, 0.717) is 18.4 Å². The van der Waals surface area contributed by atoms with Crippen LogP contribution in [-0.4, -0.2) is 41.6 Å². The number of ether oxygens (including phenoxy) is 1. The van der Waals surface area contributed by atoms with Gasteiger partial charge in [0.15, 0.2) is 0 Å². The summed E-state index contributed by atoms with van der Waals surface area (Å²) in [5.74, 6) is 2.19. The molecule has 1 spiro atoms. The first-order chi connectivity index (χ1) is 15.2. The standard InChI is InChI=1S/C27H34N2O2/c1-31-25-12-10-22(11-13-25)18-28-20-27(29(26(28)30)19-21-6-5-7-21)16-14-24(15-17-27)23-8-3-2-4-9-23/h2-4,8-13,21,24H,5-7,14-20H2,1H3. The number of methoxy groups -OCH3 is 1. The number of carbonyl (C=O) groups excluding carboxylic acids is 1. The van der Waals surface area contributed by atoms with Crippen LogP contribution in [0.25, 0.3) is 0 Å². The summed E-state index contributed by atoms with van der Waals surface area (Å²) in [5.41, 5.74) is 2.65. The van der Waals surface area contributed by atoms with E-state index in [2.05, 4.69) is 52.3 Å². The molecule has 2 aromatic rings. The highest BCUT2D eigenvalue weighted by atomic mass is 16.5. The van der Waals surface area contributed by atoms with E-state index >= 15 is 0 Å². The number of nitrogens with zero attached hydrogens (tertiary/aromatic N) is 2. The number of amides is 2. The third kappa shape index (κ3) is 4.05. The lowest BCUT2D eigenvalue weighted by Crippen LogP contribution is -2.51. The van der Waals surface area contributed by atoms with Crippen molar-refractivity contribution in [2.75, 3.05) is 20.2 Å². The van der Waals surface area contributed by atoms with Gasteiger partial charge in [-0.3, -0.25) is 0 Å². The van der Waals surface area contributed by atoms with Crippen molar-refractivity contribution in [3.05, 3.63) is 65.7 Å². The van der Waals surface area contributed by atoms with Gasteiger partial charge in [-0.2, -0.15) is 0 Å². The minimum Gasteiger partial charge on any atom is -0.497 e. The molecule has 1 saturated heterocycles. The smallest absolute Gasteiger partial charge is 0.320 e. The van der Waals surface area contributed by atoms with Crippen LogP contribution >= 0.6 is 0 Å². The summed E-state index contributed by atoms with van der Waals surface area (Å²) in [6, 6.07) is 19.3. The Balaban J connectivity index is 1.32. The Hall–Kier alpha value is -2.49. The summed E-state index contributed by atoms with van der Waals surface area (Å²) < 4.78 is 5.29. The fourth-order valence-corrected chi connectivity index (χ4v) is 5.80. The minimum absolute atomic E-state index is 0.0183. The number of urea groups is 1. The second-order valence-corrected chi connectivity index (χ2v) is 9.80. The highest BCUT2D eigenvalue weighted by molar-refractivity contribution is 5.78. The summed E-state index contributed by atoms with van der Waals surface area (Å²) in [6.45, 7) is 2.51. The molecule has 1 heterocycles. The maximum Gasteiger partial charge on any atom is 0.320 e. The summed E-state index contributed by atoms with van der Waals surface area (Å²) in [6.07, 6.45) is 8.47. The molecule has 0 radical (unpaired) electrons. The van der Waals surface area contributed by atoms with Crippen molar-refractivity contribution in [1.29, 1.82) is 0 Å². The van der Waals surface area contributed by atoms with Crippen molar-refractivity contribution in [3.63, 3.8) is 0 Å². The van der Waals surface area contributed by atoms with Gasteiger partial charge in [0.1, 0.15) is 5.75 Å². The van der Waals surface area contributed by atoms with Gasteiger partial charge in [0.25, 0.3) is 0 Å². The van der Waals surface area contributed by atoms with Crippen LogP contribution in [0.3, 0.4) is 0 Å². The lowest BCUT2D eigenvalue weighted by Gasteiger charge is -2.44. The van der Waals surface area contributed by atoms with Crippen molar-refractivity contribution in [2.24, 2.45) is 5.92 Å². The molecule has 1 aliphatic heterocycles. The first kappa shape index (κ1) is 20.4. The summed E-state index contributed by atoms with van der Waals surface area (Å²) in [5, 5.41) is 0. The SMILES string of the molecule is COc1ccc(CN2CC3(CCC(c4ccccc4)CC3)N(CC3CCC3)C2=O)cc1. The largest absolute Gasteiger partial charge is 0.497 e. The van der Waals surface area contributed by atoms with Crippen LogP contribution in [0.5, 0.6) is 5.75 Å². The van der Waals surface area contributed by atoms with Gasteiger partial charge in [-0.05, 0) is 73.6 Å². The molecular weight excluding hydrogens is 384 g/mol. The van der Waals surface area contributed by atoms with Crippen LogP contribution < -0.4 is 4.74 Å². The van der Waals surface area contributed by atoms with E-state index < -0.39 is 0 Å². The first-order valence-corrected chi connectivity index (χ1v) is 11.9.